The highest BCUT2D eigenvalue weighted by Crippen LogP contribution is 2.12. The summed E-state index contributed by atoms with van der Waals surface area (Å²) in [7, 11) is -3.31. The predicted octanol–water partition coefficient (Wildman–Crippen LogP) is 0.319. The van der Waals surface area contributed by atoms with Gasteiger partial charge in [0.15, 0.2) is 0 Å². The summed E-state index contributed by atoms with van der Waals surface area (Å²) in [5.41, 5.74) is 0. The summed E-state index contributed by atoms with van der Waals surface area (Å²) in [6.07, 6.45) is 5.26. The molecule has 0 spiro atoms. The topological polar surface area (TPSA) is 69.7 Å². The molecule has 2 saturated heterocycles. The standard InChI is InChI=1S/C12H23N3O3S/c16-12-6-4-8-14(12)9-5-7-13-19(17,18)15-10-2-1-3-11-15/h13H,1-11H2. The Balaban J connectivity index is 1.68. The number of rotatable bonds is 6. The van der Waals surface area contributed by atoms with Crippen molar-refractivity contribution in [2.45, 2.75) is 38.5 Å². The number of amides is 1. The van der Waals surface area contributed by atoms with Crippen molar-refractivity contribution in [2.24, 2.45) is 0 Å². The van der Waals surface area contributed by atoms with Gasteiger partial charge in [0.05, 0.1) is 0 Å². The molecular weight excluding hydrogens is 266 g/mol. The van der Waals surface area contributed by atoms with Crippen molar-refractivity contribution >= 4 is 16.1 Å². The lowest BCUT2D eigenvalue weighted by Crippen LogP contribution is -2.44. The van der Waals surface area contributed by atoms with E-state index in [1.165, 1.54) is 4.31 Å². The Morgan fingerprint density at radius 1 is 1.05 bits per heavy atom. The van der Waals surface area contributed by atoms with Gasteiger partial charge in [0, 0.05) is 39.1 Å². The van der Waals surface area contributed by atoms with E-state index in [1.807, 2.05) is 4.90 Å². The summed E-state index contributed by atoms with van der Waals surface area (Å²) < 4.78 is 28.1. The van der Waals surface area contributed by atoms with Crippen LogP contribution in [0.3, 0.4) is 0 Å². The van der Waals surface area contributed by atoms with E-state index in [0.29, 0.717) is 39.0 Å². The number of hydrogen-bond donors (Lipinski definition) is 1. The average Bonchev–Trinajstić information content (AvgIpc) is 2.81. The van der Waals surface area contributed by atoms with Crippen molar-refractivity contribution in [3.05, 3.63) is 0 Å². The van der Waals surface area contributed by atoms with Crippen LogP contribution in [-0.2, 0) is 15.0 Å². The highest BCUT2D eigenvalue weighted by molar-refractivity contribution is 7.87. The number of nitrogens with zero attached hydrogens (tertiary/aromatic N) is 2. The molecule has 0 aromatic rings. The normalized spacial score (nSPS) is 22.1. The molecule has 0 aliphatic carbocycles. The molecule has 0 bridgehead atoms. The molecule has 7 heteroatoms. The molecule has 19 heavy (non-hydrogen) atoms. The molecule has 1 N–H and O–H groups in total. The SMILES string of the molecule is O=C1CCCN1CCCNS(=O)(=O)N1CCCCC1. The van der Waals surface area contributed by atoms with Gasteiger partial charge in [-0.05, 0) is 25.7 Å². The highest BCUT2D eigenvalue weighted by atomic mass is 32.2. The Morgan fingerprint density at radius 3 is 2.42 bits per heavy atom. The van der Waals surface area contributed by atoms with E-state index < -0.39 is 10.2 Å². The van der Waals surface area contributed by atoms with E-state index in [4.69, 9.17) is 0 Å². The number of carbonyl (C=O) groups excluding carboxylic acids is 1. The summed E-state index contributed by atoms with van der Waals surface area (Å²) in [5.74, 6) is 0.193. The molecule has 0 aromatic heterocycles. The maximum atomic E-state index is 12.0. The number of likely N-dealkylation sites (tertiary alicyclic amines) is 1. The molecule has 2 heterocycles. The first-order valence-electron chi connectivity index (χ1n) is 7.12. The van der Waals surface area contributed by atoms with Crippen molar-refractivity contribution in [1.29, 1.82) is 0 Å². The van der Waals surface area contributed by atoms with Crippen molar-refractivity contribution in [3.63, 3.8) is 0 Å². The van der Waals surface area contributed by atoms with Gasteiger partial charge in [-0.2, -0.15) is 12.7 Å². The molecule has 2 aliphatic heterocycles. The van der Waals surface area contributed by atoms with Gasteiger partial charge in [0.25, 0.3) is 10.2 Å². The lowest BCUT2D eigenvalue weighted by molar-refractivity contribution is -0.127. The second kappa shape index (κ2) is 6.67. The summed E-state index contributed by atoms with van der Waals surface area (Å²) in [6, 6.07) is 0. The summed E-state index contributed by atoms with van der Waals surface area (Å²) >= 11 is 0. The Morgan fingerprint density at radius 2 is 1.79 bits per heavy atom. The van der Waals surface area contributed by atoms with Gasteiger partial charge >= 0.3 is 0 Å². The maximum Gasteiger partial charge on any atom is 0.279 e. The zero-order valence-corrected chi connectivity index (χ0v) is 12.1. The van der Waals surface area contributed by atoms with Gasteiger partial charge < -0.3 is 4.90 Å². The lowest BCUT2D eigenvalue weighted by atomic mass is 10.2. The fourth-order valence-corrected chi connectivity index (χ4v) is 3.93. The third-order valence-corrected chi connectivity index (χ3v) is 5.33. The van der Waals surface area contributed by atoms with Gasteiger partial charge in [0.2, 0.25) is 5.91 Å². The van der Waals surface area contributed by atoms with Gasteiger partial charge in [-0.15, -0.1) is 0 Å². The predicted molar refractivity (Wildman–Crippen MR) is 72.8 cm³/mol. The van der Waals surface area contributed by atoms with Crippen molar-refractivity contribution < 1.29 is 13.2 Å². The van der Waals surface area contributed by atoms with Crippen molar-refractivity contribution in [3.8, 4) is 0 Å². The molecule has 1 amide bonds. The van der Waals surface area contributed by atoms with Gasteiger partial charge in [0.1, 0.15) is 0 Å². The van der Waals surface area contributed by atoms with E-state index in [9.17, 15) is 13.2 Å². The fourth-order valence-electron chi connectivity index (χ4n) is 2.61. The van der Waals surface area contributed by atoms with Gasteiger partial charge in [-0.3, -0.25) is 4.79 Å². The van der Waals surface area contributed by atoms with E-state index in [-0.39, 0.29) is 5.91 Å². The van der Waals surface area contributed by atoms with Crippen LogP contribution in [0.2, 0.25) is 0 Å². The maximum absolute atomic E-state index is 12.0. The molecule has 110 valence electrons. The first kappa shape index (κ1) is 14.7. The van der Waals surface area contributed by atoms with Crippen LogP contribution in [0.4, 0.5) is 0 Å². The minimum atomic E-state index is -3.31. The number of carbonyl (C=O) groups is 1. The first-order chi connectivity index (χ1) is 9.09. The zero-order chi connectivity index (χ0) is 13.7. The number of hydrogen-bond acceptors (Lipinski definition) is 3. The Kier molecular flexibility index (Phi) is 5.18. The number of piperidine rings is 1. The quantitative estimate of drug-likeness (QED) is 0.716. The van der Waals surface area contributed by atoms with Crippen LogP contribution < -0.4 is 4.72 Å². The lowest BCUT2D eigenvalue weighted by Gasteiger charge is -2.26. The van der Waals surface area contributed by atoms with Crippen LogP contribution in [0.1, 0.15) is 38.5 Å². The van der Waals surface area contributed by atoms with Gasteiger partial charge in [-0.1, -0.05) is 6.42 Å². The van der Waals surface area contributed by atoms with Crippen LogP contribution in [0.25, 0.3) is 0 Å². The molecular formula is C12H23N3O3S. The minimum Gasteiger partial charge on any atom is -0.343 e. The Hall–Kier alpha value is -0.660. The molecule has 2 aliphatic rings. The second-order valence-electron chi connectivity index (χ2n) is 5.20. The second-order valence-corrected chi connectivity index (χ2v) is 6.95. The van der Waals surface area contributed by atoms with E-state index in [1.54, 1.807) is 0 Å². The fraction of sp³-hybridized carbons (Fsp3) is 0.917. The molecule has 6 nitrogen and oxygen atoms in total. The first-order valence-corrected chi connectivity index (χ1v) is 8.56. The number of nitrogens with one attached hydrogen (secondary N) is 1. The molecule has 2 rings (SSSR count). The molecule has 0 saturated carbocycles. The van der Waals surface area contributed by atoms with Crippen molar-refractivity contribution in [2.75, 3.05) is 32.7 Å². The van der Waals surface area contributed by atoms with E-state index in [0.717, 1.165) is 32.2 Å². The summed E-state index contributed by atoms with van der Waals surface area (Å²) in [4.78, 5) is 13.2. The zero-order valence-electron chi connectivity index (χ0n) is 11.3. The van der Waals surface area contributed by atoms with Crippen LogP contribution in [-0.4, -0.2) is 56.3 Å². The van der Waals surface area contributed by atoms with E-state index >= 15 is 0 Å². The minimum absolute atomic E-state index is 0.193. The molecule has 0 aromatic carbocycles. The average molecular weight is 289 g/mol. The highest BCUT2D eigenvalue weighted by Gasteiger charge is 2.23. The molecule has 0 unspecified atom stereocenters. The van der Waals surface area contributed by atoms with Crippen LogP contribution in [0.15, 0.2) is 0 Å². The summed E-state index contributed by atoms with van der Waals surface area (Å²) in [5, 5.41) is 0. The third kappa shape index (κ3) is 4.15. The largest absolute Gasteiger partial charge is 0.343 e. The van der Waals surface area contributed by atoms with E-state index in [2.05, 4.69) is 4.72 Å². The van der Waals surface area contributed by atoms with Crippen LogP contribution >= 0.6 is 0 Å². The molecule has 2 fully saturated rings. The monoisotopic (exact) mass is 289 g/mol. The Bertz CT molecular complexity index is 404. The third-order valence-electron chi connectivity index (χ3n) is 3.72. The Labute approximate surface area is 115 Å². The molecule has 0 radical (unpaired) electrons. The van der Waals surface area contributed by atoms with Crippen LogP contribution in [0.5, 0.6) is 0 Å². The smallest absolute Gasteiger partial charge is 0.279 e. The molecule has 0 atom stereocenters. The van der Waals surface area contributed by atoms with Crippen molar-refractivity contribution in [1.82, 2.24) is 13.9 Å². The summed E-state index contributed by atoms with van der Waals surface area (Å²) in [6.45, 7) is 3.13. The van der Waals surface area contributed by atoms with Gasteiger partial charge in [-0.25, -0.2) is 4.72 Å². The van der Waals surface area contributed by atoms with Crippen LogP contribution in [0, 0.1) is 0 Å².